The zero-order valence-corrected chi connectivity index (χ0v) is 14.6. The van der Waals surface area contributed by atoms with Gasteiger partial charge in [-0.15, -0.1) is 0 Å². The van der Waals surface area contributed by atoms with Gasteiger partial charge in [0.2, 0.25) is 11.8 Å². The van der Waals surface area contributed by atoms with Gasteiger partial charge in [0.1, 0.15) is 11.7 Å². The van der Waals surface area contributed by atoms with Crippen LogP contribution >= 0.6 is 0 Å². The number of rotatable bonds is 5. The van der Waals surface area contributed by atoms with E-state index in [0.29, 0.717) is 31.6 Å². The number of anilines is 1. The van der Waals surface area contributed by atoms with E-state index in [1.54, 1.807) is 4.90 Å². The van der Waals surface area contributed by atoms with Gasteiger partial charge < -0.3 is 14.9 Å². The van der Waals surface area contributed by atoms with E-state index in [1.807, 2.05) is 0 Å². The van der Waals surface area contributed by atoms with Crippen molar-refractivity contribution >= 4 is 23.5 Å². The smallest absolute Gasteiger partial charge is 0.303 e. The molecule has 1 aromatic carbocycles. The minimum Gasteiger partial charge on any atom is -0.481 e. The average Bonchev–Trinajstić information content (AvgIpc) is 3.02. The molecule has 0 bridgehead atoms. The number of carboxylic acid groups (broad SMARTS) is 1. The predicted molar refractivity (Wildman–Crippen MR) is 93.1 cm³/mol. The molecule has 2 amide bonds. The van der Waals surface area contributed by atoms with Gasteiger partial charge in [0.05, 0.1) is 0 Å². The quantitative estimate of drug-likeness (QED) is 0.816. The molecule has 0 aromatic heterocycles. The van der Waals surface area contributed by atoms with Crippen molar-refractivity contribution in [2.45, 2.75) is 44.6 Å². The van der Waals surface area contributed by atoms with E-state index in [9.17, 15) is 18.8 Å². The second-order valence-electron chi connectivity index (χ2n) is 6.92. The number of carboxylic acids is 1. The van der Waals surface area contributed by atoms with E-state index in [0.717, 1.165) is 19.3 Å². The minimum absolute atomic E-state index is 0.0226. The Morgan fingerprint density at radius 1 is 1.12 bits per heavy atom. The zero-order chi connectivity index (χ0) is 18.7. The second kappa shape index (κ2) is 7.85. The lowest BCUT2D eigenvalue weighted by Crippen LogP contribution is -2.48. The van der Waals surface area contributed by atoms with E-state index >= 15 is 0 Å². The van der Waals surface area contributed by atoms with E-state index < -0.39 is 11.9 Å². The fourth-order valence-electron chi connectivity index (χ4n) is 3.87. The molecule has 2 atom stereocenters. The summed E-state index contributed by atoms with van der Waals surface area (Å²) in [7, 11) is 0. The maximum absolute atomic E-state index is 13.1. The third-order valence-corrected chi connectivity index (χ3v) is 5.24. The van der Waals surface area contributed by atoms with Crippen LogP contribution in [0.5, 0.6) is 0 Å². The van der Waals surface area contributed by atoms with Crippen molar-refractivity contribution in [2.24, 2.45) is 5.92 Å². The first kappa shape index (κ1) is 18.4. The number of aliphatic carboxylic acids is 1. The number of halogens is 1. The van der Waals surface area contributed by atoms with Crippen LogP contribution < -0.4 is 4.90 Å². The highest BCUT2D eigenvalue weighted by Gasteiger charge is 2.41. The van der Waals surface area contributed by atoms with Gasteiger partial charge in [-0.3, -0.25) is 14.4 Å². The van der Waals surface area contributed by atoms with Gasteiger partial charge in [-0.2, -0.15) is 0 Å². The maximum Gasteiger partial charge on any atom is 0.303 e. The van der Waals surface area contributed by atoms with Gasteiger partial charge >= 0.3 is 5.97 Å². The highest BCUT2D eigenvalue weighted by molar-refractivity contribution is 6.09. The van der Waals surface area contributed by atoms with Crippen LogP contribution in [0, 0.1) is 11.7 Å². The molecule has 2 saturated heterocycles. The summed E-state index contributed by atoms with van der Waals surface area (Å²) in [5, 5.41) is 8.91. The SMILES string of the molecule is O=C(O)CCC1CCCCN1C(=O)C1CCN(c2ccc(F)cc2)C1=O. The van der Waals surface area contributed by atoms with Crippen molar-refractivity contribution < 1.29 is 23.9 Å². The first-order valence-electron chi connectivity index (χ1n) is 9.06. The van der Waals surface area contributed by atoms with Crippen molar-refractivity contribution in [3.8, 4) is 0 Å². The fraction of sp³-hybridized carbons (Fsp3) is 0.526. The predicted octanol–water partition coefficient (Wildman–Crippen LogP) is 2.42. The van der Waals surface area contributed by atoms with Crippen molar-refractivity contribution in [1.82, 2.24) is 4.90 Å². The van der Waals surface area contributed by atoms with Gasteiger partial charge in [-0.25, -0.2) is 4.39 Å². The zero-order valence-electron chi connectivity index (χ0n) is 14.6. The summed E-state index contributed by atoms with van der Waals surface area (Å²) >= 11 is 0. The summed E-state index contributed by atoms with van der Waals surface area (Å²) in [6.07, 6.45) is 3.49. The monoisotopic (exact) mass is 362 g/mol. The van der Waals surface area contributed by atoms with E-state index in [2.05, 4.69) is 0 Å². The topological polar surface area (TPSA) is 77.9 Å². The van der Waals surface area contributed by atoms with Crippen LogP contribution in [0.25, 0.3) is 0 Å². The van der Waals surface area contributed by atoms with E-state index in [1.165, 1.54) is 29.2 Å². The number of carbonyl (C=O) groups is 3. The van der Waals surface area contributed by atoms with Gasteiger partial charge in [0, 0.05) is 31.2 Å². The Balaban J connectivity index is 1.69. The number of carbonyl (C=O) groups excluding carboxylic acids is 2. The van der Waals surface area contributed by atoms with Crippen molar-refractivity contribution in [3.05, 3.63) is 30.1 Å². The molecule has 26 heavy (non-hydrogen) atoms. The van der Waals surface area contributed by atoms with Gasteiger partial charge in [0.15, 0.2) is 0 Å². The fourth-order valence-corrected chi connectivity index (χ4v) is 3.87. The summed E-state index contributed by atoms with van der Waals surface area (Å²) in [5.74, 6) is -2.44. The van der Waals surface area contributed by atoms with Crippen LogP contribution in [0.2, 0.25) is 0 Å². The molecule has 2 aliphatic heterocycles. The number of amides is 2. The van der Waals surface area contributed by atoms with Crippen molar-refractivity contribution in [1.29, 1.82) is 0 Å². The lowest BCUT2D eigenvalue weighted by atomic mass is 9.95. The van der Waals surface area contributed by atoms with Gasteiger partial charge in [0.25, 0.3) is 0 Å². The van der Waals surface area contributed by atoms with Crippen LogP contribution in [0.1, 0.15) is 38.5 Å². The number of hydrogen-bond donors (Lipinski definition) is 1. The Labute approximate surface area is 151 Å². The summed E-state index contributed by atoms with van der Waals surface area (Å²) in [4.78, 5) is 39.8. The molecule has 7 heteroatoms. The molecule has 0 aliphatic carbocycles. The number of piperidine rings is 1. The first-order chi connectivity index (χ1) is 12.5. The van der Waals surface area contributed by atoms with Crippen molar-refractivity contribution in [3.63, 3.8) is 0 Å². The van der Waals surface area contributed by atoms with Crippen LogP contribution in [-0.2, 0) is 14.4 Å². The molecule has 0 saturated carbocycles. The summed E-state index contributed by atoms with van der Waals surface area (Å²) in [6.45, 7) is 0.998. The van der Waals surface area contributed by atoms with Gasteiger partial charge in [-0.05, 0) is 56.4 Å². The van der Waals surface area contributed by atoms with Crippen LogP contribution in [-0.4, -0.2) is 46.9 Å². The minimum atomic E-state index is -0.873. The van der Waals surface area contributed by atoms with Gasteiger partial charge in [-0.1, -0.05) is 0 Å². The summed E-state index contributed by atoms with van der Waals surface area (Å²) in [6, 6.07) is 5.56. The highest BCUT2D eigenvalue weighted by atomic mass is 19.1. The Morgan fingerprint density at radius 3 is 2.54 bits per heavy atom. The number of likely N-dealkylation sites (tertiary alicyclic amines) is 1. The molecule has 140 valence electrons. The molecule has 1 N–H and O–H groups in total. The summed E-state index contributed by atoms with van der Waals surface area (Å²) in [5.41, 5.74) is 0.591. The van der Waals surface area contributed by atoms with Crippen molar-refractivity contribution in [2.75, 3.05) is 18.0 Å². The Hall–Kier alpha value is -2.44. The number of nitrogens with zero attached hydrogens (tertiary/aromatic N) is 2. The molecule has 2 aliphatic rings. The Morgan fingerprint density at radius 2 is 1.85 bits per heavy atom. The molecule has 0 radical (unpaired) electrons. The first-order valence-corrected chi connectivity index (χ1v) is 9.06. The third-order valence-electron chi connectivity index (χ3n) is 5.24. The lowest BCUT2D eigenvalue weighted by Gasteiger charge is -2.37. The molecule has 1 aromatic rings. The molecule has 3 rings (SSSR count). The average molecular weight is 362 g/mol. The van der Waals surface area contributed by atoms with Crippen LogP contribution in [0.15, 0.2) is 24.3 Å². The highest BCUT2D eigenvalue weighted by Crippen LogP contribution is 2.30. The van der Waals surface area contributed by atoms with E-state index in [4.69, 9.17) is 5.11 Å². The summed E-state index contributed by atoms with van der Waals surface area (Å²) < 4.78 is 13.1. The van der Waals surface area contributed by atoms with E-state index in [-0.39, 0.29) is 30.1 Å². The molecular formula is C19H23FN2O4. The Bertz CT molecular complexity index is 691. The number of benzene rings is 1. The molecule has 2 heterocycles. The lowest BCUT2D eigenvalue weighted by molar-refractivity contribution is -0.145. The Kier molecular flexibility index (Phi) is 5.54. The maximum atomic E-state index is 13.1. The van der Waals surface area contributed by atoms with Crippen LogP contribution in [0.3, 0.4) is 0 Å². The molecule has 2 fully saturated rings. The largest absolute Gasteiger partial charge is 0.481 e. The number of hydrogen-bond acceptors (Lipinski definition) is 3. The standard InChI is InChI=1S/C19H23FN2O4/c20-13-4-6-15(7-5-13)22-12-10-16(19(22)26)18(25)21-11-2-1-3-14(21)8-9-17(23)24/h4-7,14,16H,1-3,8-12H2,(H,23,24). The normalized spacial score (nSPS) is 23.3. The third kappa shape index (κ3) is 3.86. The van der Waals surface area contributed by atoms with Crippen LogP contribution in [0.4, 0.5) is 10.1 Å². The second-order valence-corrected chi connectivity index (χ2v) is 6.92. The molecule has 0 spiro atoms. The molecule has 6 nitrogen and oxygen atoms in total. The molecular weight excluding hydrogens is 339 g/mol. The molecule has 2 unspecified atom stereocenters.